The number of carbonyl (C=O) groups excluding carboxylic acids is 2. The Morgan fingerprint density at radius 2 is 2.06 bits per heavy atom. The van der Waals surface area contributed by atoms with Crippen LogP contribution in [0.1, 0.15) is 13.8 Å². The van der Waals surface area contributed by atoms with Crippen LogP contribution < -0.4 is 5.73 Å². The fourth-order valence-electron chi connectivity index (χ4n) is 1.17. The van der Waals surface area contributed by atoms with Crippen LogP contribution in [0.25, 0.3) is 0 Å². The molecule has 2 N–H and O–H groups in total. The zero-order chi connectivity index (χ0) is 12.6. The van der Waals surface area contributed by atoms with Crippen LogP contribution >= 0.6 is 0 Å². The summed E-state index contributed by atoms with van der Waals surface area (Å²) in [5.41, 5.74) is 5.18. The lowest BCUT2D eigenvalue weighted by molar-refractivity contribution is -0.145. The molecule has 94 valence electrons. The molecular weight excluding hydrogens is 212 g/mol. The van der Waals surface area contributed by atoms with E-state index in [-0.39, 0.29) is 12.5 Å². The quantitative estimate of drug-likeness (QED) is 0.564. The fraction of sp³-hybridized carbons (Fsp3) is 0.800. The Labute approximate surface area is 95.7 Å². The summed E-state index contributed by atoms with van der Waals surface area (Å²) in [7, 11) is 1.55. The van der Waals surface area contributed by atoms with E-state index in [2.05, 4.69) is 0 Å². The highest BCUT2D eigenvalue weighted by molar-refractivity contribution is 5.80. The maximum Gasteiger partial charge on any atom is 0.320 e. The molecule has 16 heavy (non-hydrogen) atoms. The Kier molecular flexibility index (Phi) is 7.49. The summed E-state index contributed by atoms with van der Waals surface area (Å²) in [6.07, 6.45) is 0. The highest BCUT2D eigenvalue weighted by Gasteiger charge is 2.21. The van der Waals surface area contributed by atoms with Crippen molar-refractivity contribution in [2.75, 3.05) is 33.4 Å². The molecule has 0 aromatic carbocycles. The lowest BCUT2D eigenvalue weighted by atomic mass is 10.2. The number of hydrogen-bond acceptors (Lipinski definition) is 5. The number of esters is 1. The molecule has 0 heterocycles. The van der Waals surface area contributed by atoms with Gasteiger partial charge in [0.25, 0.3) is 0 Å². The Morgan fingerprint density at radius 1 is 1.44 bits per heavy atom. The zero-order valence-electron chi connectivity index (χ0n) is 10.1. The summed E-state index contributed by atoms with van der Waals surface area (Å²) in [6, 6.07) is -0.514. The minimum atomic E-state index is -0.514. The third-order valence-corrected chi connectivity index (χ3v) is 2.18. The van der Waals surface area contributed by atoms with E-state index in [1.807, 2.05) is 0 Å². The van der Waals surface area contributed by atoms with Gasteiger partial charge in [0.05, 0.1) is 25.8 Å². The van der Waals surface area contributed by atoms with E-state index in [0.29, 0.717) is 19.8 Å². The summed E-state index contributed by atoms with van der Waals surface area (Å²) >= 11 is 0. The number of amides is 1. The number of carbonyl (C=O) groups is 2. The van der Waals surface area contributed by atoms with Gasteiger partial charge in [0.1, 0.15) is 0 Å². The van der Waals surface area contributed by atoms with Crippen molar-refractivity contribution in [3.63, 3.8) is 0 Å². The number of rotatable bonds is 8. The SMILES string of the molecule is CCOC(=O)CN(CCOC)C(C)C(N)=O. The van der Waals surface area contributed by atoms with Gasteiger partial charge in [0.15, 0.2) is 0 Å². The second kappa shape index (κ2) is 8.06. The standard InChI is InChI=1S/C10H20N2O4/c1-4-16-9(13)7-12(5-6-15-3)8(2)10(11)14/h8H,4-7H2,1-3H3,(H2,11,14). The molecule has 0 fully saturated rings. The molecule has 0 saturated heterocycles. The van der Waals surface area contributed by atoms with E-state index >= 15 is 0 Å². The molecule has 0 rings (SSSR count). The van der Waals surface area contributed by atoms with E-state index in [1.54, 1.807) is 25.9 Å². The normalized spacial score (nSPS) is 12.5. The van der Waals surface area contributed by atoms with E-state index in [4.69, 9.17) is 15.2 Å². The van der Waals surface area contributed by atoms with Crippen molar-refractivity contribution in [3.8, 4) is 0 Å². The van der Waals surface area contributed by atoms with E-state index in [9.17, 15) is 9.59 Å². The number of nitrogens with zero attached hydrogens (tertiary/aromatic N) is 1. The predicted octanol–water partition coefficient (Wildman–Crippen LogP) is -0.628. The molecular formula is C10H20N2O4. The summed E-state index contributed by atoms with van der Waals surface area (Å²) in [5, 5.41) is 0. The summed E-state index contributed by atoms with van der Waals surface area (Å²) in [4.78, 5) is 23.9. The minimum Gasteiger partial charge on any atom is -0.465 e. The van der Waals surface area contributed by atoms with E-state index in [1.165, 1.54) is 0 Å². The highest BCUT2D eigenvalue weighted by atomic mass is 16.5. The molecule has 0 spiro atoms. The molecule has 1 atom stereocenters. The van der Waals surface area contributed by atoms with Crippen molar-refractivity contribution in [1.29, 1.82) is 0 Å². The van der Waals surface area contributed by atoms with Gasteiger partial charge in [0.2, 0.25) is 5.91 Å². The van der Waals surface area contributed by atoms with Gasteiger partial charge in [-0.3, -0.25) is 14.5 Å². The van der Waals surface area contributed by atoms with Crippen LogP contribution in [0.4, 0.5) is 0 Å². The molecule has 0 saturated carbocycles. The molecule has 0 aliphatic heterocycles. The van der Waals surface area contributed by atoms with Crippen molar-refractivity contribution >= 4 is 11.9 Å². The largest absolute Gasteiger partial charge is 0.465 e. The Hall–Kier alpha value is -1.14. The molecule has 1 amide bonds. The lowest BCUT2D eigenvalue weighted by Gasteiger charge is -2.25. The first-order valence-corrected chi connectivity index (χ1v) is 5.20. The smallest absolute Gasteiger partial charge is 0.320 e. The summed E-state index contributed by atoms with van der Waals surface area (Å²) < 4.78 is 9.71. The Morgan fingerprint density at radius 3 is 2.50 bits per heavy atom. The second-order valence-electron chi connectivity index (χ2n) is 3.35. The van der Waals surface area contributed by atoms with E-state index < -0.39 is 11.9 Å². The molecule has 0 aliphatic carbocycles. The van der Waals surface area contributed by atoms with Gasteiger partial charge in [0, 0.05) is 13.7 Å². The third kappa shape index (κ3) is 5.67. The second-order valence-corrected chi connectivity index (χ2v) is 3.35. The number of methoxy groups -OCH3 is 1. The topological polar surface area (TPSA) is 81.9 Å². The first-order valence-electron chi connectivity index (χ1n) is 5.20. The lowest BCUT2D eigenvalue weighted by Crippen LogP contribution is -2.46. The van der Waals surface area contributed by atoms with Crippen LogP contribution in [0.2, 0.25) is 0 Å². The van der Waals surface area contributed by atoms with Crippen LogP contribution in [0.5, 0.6) is 0 Å². The van der Waals surface area contributed by atoms with Gasteiger partial charge in [-0.2, -0.15) is 0 Å². The third-order valence-electron chi connectivity index (χ3n) is 2.18. The Balaban J connectivity index is 4.30. The summed E-state index contributed by atoms with van der Waals surface area (Å²) in [6.45, 7) is 4.63. The van der Waals surface area contributed by atoms with Crippen LogP contribution in [-0.4, -0.2) is 56.2 Å². The van der Waals surface area contributed by atoms with Gasteiger partial charge in [-0.05, 0) is 13.8 Å². The maximum atomic E-state index is 11.3. The molecule has 0 aliphatic rings. The van der Waals surface area contributed by atoms with Gasteiger partial charge >= 0.3 is 5.97 Å². The number of primary amides is 1. The van der Waals surface area contributed by atoms with Crippen molar-refractivity contribution in [3.05, 3.63) is 0 Å². The number of hydrogen-bond donors (Lipinski definition) is 1. The van der Waals surface area contributed by atoms with Crippen molar-refractivity contribution < 1.29 is 19.1 Å². The monoisotopic (exact) mass is 232 g/mol. The van der Waals surface area contributed by atoms with Gasteiger partial charge < -0.3 is 15.2 Å². The van der Waals surface area contributed by atoms with Crippen LogP contribution in [-0.2, 0) is 19.1 Å². The van der Waals surface area contributed by atoms with Gasteiger partial charge in [-0.25, -0.2) is 0 Å². The molecule has 6 heteroatoms. The molecule has 1 unspecified atom stereocenters. The minimum absolute atomic E-state index is 0.0430. The molecule has 0 aromatic rings. The highest BCUT2D eigenvalue weighted by Crippen LogP contribution is 1.99. The van der Waals surface area contributed by atoms with E-state index in [0.717, 1.165) is 0 Å². The number of ether oxygens (including phenoxy) is 2. The molecule has 0 radical (unpaired) electrons. The summed E-state index contributed by atoms with van der Waals surface area (Å²) in [5.74, 6) is -0.841. The zero-order valence-corrected chi connectivity index (χ0v) is 10.1. The first kappa shape index (κ1) is 14.9. The molecule has 0 bridgehead atoms. The Bertz CT molecular complexity index is 233. The van der Waals surface area contributed by atoms with Gasteiger partial charge in [-0.15, -0.1) is 0 Å². The van der Waals surface area contributed by atoms with Gasteiger partial charge in [-0.1, -0.05) is 0 Å². The predicted molar refractivity (Wildman–Crippen MR) is 58.7 cm³/mol. The van der Waals surface area contributed by atoms with Crippen molar-refractivity contribution in [2.24, 2.45) is 5.73 Å². The van der Waals surface area contributed by atoms with Crippen molar-refractivity contribution in [2.45, 2.75) is 19.9 Å². The molecule has 6 nitrogen and oxygen atoms in total. The first-order chi connectivity index (χ1) is 7.52. The van der Waals surface area contributed by atoms with Crippen LogP contribution in [0, 0.1) is 0 Å². The molecule has 0 aromatic heterocycles. The average Bonchev–Trinajstić information content (AvgIpc) is 2.23. The van der Waals surface area contributed by atoms with Crippen LogP contribution in [0.3, 0.4) is 0 Å². The maximum absolute atomic E-state index is 11.3. The fourth-order valence-corrected chi connectivity index (χ4v) is 1.17. The van der Waals surface area contributed by atoms with Crippen molar-refractivity contribution in [1.82, 2.24) is 4.90 Å². The average molecular weight is 232 g/mol. The number of nitrogens with two attached hydrogens (primary N) is 1. The van der Waals surface area contributed by atoms with Crippen LogP contribution in [0.15, 0.2) is 0 Å².